The Bertz CT molecular complexity index is 2930. The summed E-state index contributed by atoms with van der Waals surface area (Å²) in [6.07, 6.45) is 0. The highest BCUT2D eigenvalue weighted by atomic mass is 15.1. The van der Waals surface area contributed by atoms with Crippen LogP contribution in [0.1, 0.15) is 0 Å². The maximum atomic E-state index is 2.45. The molecule has 10 aromatic rings. The van der Waals surface area contributed by atoms with Crippen LogP contribution in [0.3, 0.4) is 0 Å². The van der Waals surface area contributed by atoms with Gasteiger partial charge in [0, 0.05) is 33.4 Å². The first kappa shape index (κ1) is 33.2. The number of para-hydroxylation sites is 2. The third-order valence-corrected chi connectivity index (χ3v) is 10.8. The molecular formula is C54H38N2. The monoisotopic (exact) mass is 714 g/mol. The van der Waals surface area contributed by atoms with Gasteiger partial charge in [0.1, 0.15) is 0 Å². The van der Waals surface area contributed by atoms with Gasteiger partial charge in [-0.1, -0.05) is 182 Å². The van der Waals surface area contributed by atoms with E-state index >= 15 is 0 Å². The lowest BCUT2D eigenvalue weighted by Gasteiger charge is -2.27. The molecule has 0 bridgehead atoms. The highest BCUT2D eigenvalue weighted by Gasteiger charge is 2.20. The lowest BCUT2D eigenvalue weighted by molar-refractivity contribution is 1.18. The Morgan fingerprint density at radius 3 is 1.41 bits per heavy atom. The minimum absolute atomic E-state index is 1.08. The van der Waals surface area contributed by atoms with Gasteiger partial charge in [0.2, 0.25) is 0 Å². The highest BCUT2D eigenvalue weighted by molar-refractivity contribution is 6.11. The number of rotatable bonds is 8. The molecule has 0 spiro atoms. The third kappa shape index (κ3) is 6.04. The minimum Gasteiger partial charge on any atom is -0.310 e. The van der Waals surface area contributed by atoms with E-state index in [1.54, 1.807) is 0 Å². The van der Waals surface area contributed by atoms with E-state index in [1.807, 2.05) is 0 Å². The van der Waals surface area contributed by atoms with Crippen molar-refractivity contribution in [3.05, 3.63) is 231 Å². The van der Waals surface area contributed by atoms with Gasteiger partial charge < -0.3 is 9.47 Å². The standard InChI is InChI=1S/C54H38N2/c1-5-17-39(18-6-1)40-29-31-44(32-30-40)55(45-33-35-47(41-19-7-2-8-20-41)51(37-45)43-23-11-4-12-24-43)46-34-36-50-49-26-14-16-28-53(49)56(54(50)38-46)52-27-15-13-25-48(52)42-21-9-3-10-22-42/h1-38H. The Labute approximate surface area is 327 Å². The minimum atomic E-state index is 1.08. The van der Waals surface area contributed by atoms with Crippen LogP contribution in [-0.4, -0.2) is 4.57 Å². The number of hydrogen-bond acceptors (Lipinski definition) is 1. The van der Waals surface area contributed by atoms with Crippen molar-refractivity contribution in [1.29, 1.82) is 0 Å². The normalized spacial score (nSPS) is 11.2. The van der Waals surface area contributed by atoms with E-state index in [0.717, 1.165) is 28.3 Å². The van der Waals surface area contributed by atoms with E-state index < -0.39 is 0 Å². The van der Waals surface area contributed by atoms with Crippen molar-refractivity contribution in [2.75, 3.05) is 4.90 Å². The summed E-state index contributed by atoms with van der Waals surface area (Å²) in [5, 5.41) is 2.45. The number of hydrogen-bond donors (Lipinski definition) is 0. The fraction of sp³-hybridized carbons (Fsp3) is 0. The SMILES string of the molecule is c1ccc(-c2ccc(N(c3ccc(-c4ccccc4)c(-c4ccccc4)c3)c3ccc4c5ccccc5n(-c5ccccc5-c5ccccc5)c4c3)cc2)cc1. The summed E-state index contributed by atoms with van der Waals surface area (Å²) in [4.78, 5) is 2.40. The average Bonchev–Trinajstić information content (AvgIpc) is 3.61. The van der Waals surface area contributed by atoms with Gasteiger partial charge in [0.05, 0.1) is 16.7 Å². The zero-order valence-electron chi connectivity index (χ0n) is 30.8. The molecule has 264 valence electrons. The summed E-state index contributed by atoms with van der Waals surface area (Å²) in [6.45, 7) is 0. The van der Waals surface area contributed by atoms with Crippen LogP contribution >= 0.6 is 0 Å². The number of nitrogens with zero attached hydrogens (tertiary/aromatic N) is 2. The van der Waals surface area contributed by atoms with Crippen LogP contribution in [0.5, 0.6) is 0 Å². The predicted molar refractivity (Wildman–Crippen MR) is 237 cm³/mol. The quantitative estimate of drug-likeness (QED) is 0.152. The zero-order chi connectivity index (χ0) is 37.3. The van der Waals surface area contributed by atoms with Crippen LogP contribution < -0.4 is 4.90 Å². The van der Waals surface area contributed by atoms with Crippen molar-refractivity contribution >= 4 is 38.9 Å². The number of fused-ring (bicyclic) bond motifs is 3. The maximum absolute atomic E-state index is 2.45. The Morgan fingerprint density at radius 1 is 0.268 bits per heavy atom. The number of aromatic nitrogens is 1. The van der Waals surface area contributed by atoms with Crippen LogP contribution in [-0.2, 0) is 0 Å². The van der Waals surface area contributed by atoms with Crippen molar-refractivity contribution in [2.45, 2.75) is 0 Å². The van der Waals surface area contributed by atoms with E-state index in [0.29, 0.717) is 0 Å². The lowest BCUT2D eigenvalue weighted by atomic mass is 9.93. The molecule has 1 heterocycles. The first-order valence-electron chi connectivity index (χ1n) is 19.2. The van der Waals surface area contributed by atoms with Gasteiger partial charge in [-0.05, 0) is 87.5 Å². The van der Waals surface area contributed by atoms with Crippen LogP contribution in [0.4, 0.5) is 17.1 Å². The Balaban J connectivity index is 1.21. The van der Waals surface area contributed by atoms with Gasteiger partial charge in [-0.15, -0.1) is 0 Å². The second-order valence-corrected chi connectivity index (χ2v) is 14.1. The summed E-state index contributed by atoms with van der Waals surface area (Å²) in [7, 11) is 0. The topological polar surface area (TPSA) is 8.17 Å². The van der Waals surface area contributed by atoms with Crippen molar-refractivity contribution in [2.24, 2.45) is 0 Å². The molecule has 0 saturated carbocycles. The molecule has 0 aliphatic carbocycles. The molecule has 0 saturated heterocycles. The second kappa shape index (κ2) is 14.4. The maximum Gasteiger partial charge on any atom is 0.0562 e. The van der Waals surface area contributed by atoms with Crippen LogP contribution in [0, 0.1) is 0 Å². The fourth-order valence-corrected chi connectivity index (χ4v) is 8.17. The second-order valence-electron chi connectivity index (χ2n) is 14.1. The number of benzene rings is 9. The van der Waals surface area contributed by atoms with E-state index in [2.05, 4.69) is 240 Å². The van der Waals surface area contributed by atoms with E-state index in [1.165, 1.54) is 60.8 Å². The van der Waals surface area contributed by atoms with Crippen LogP contribution in [0.25, 0.3) is 72.0 Å². The third-order valence-electron chi connectivity index (χ3n) is 10.8. The Kier molecular flexibility index (Phi) is 8.55. The Hall–Kier alpha value is -7.42. The molecule has 0 atom stereocenters. The predicted octanol–water partition coefficient (Wildman–Crippen LogP) is 14.9. The molecule has 0 amide bonds. The molecule has 1 aromatic heterocycles. The van der Waals surface area contributed by atoms with E-state index in [-0.39, 0.29) is 0 Å². The Morgan fingerprint density at radius 2 is 0.732 bits per heavy atom. The fourth-order valence-electron chi connectivity index (χ4n) is 8.17. The van der Waals surface area contributed by atoms with E-state index in [4.69, 9.17) is 0 Å². The first-order valence-corrected chi connectivity index (χ1v) is 19.2. The molecular weight excluding hydrogens is 677 g/mol. The molecule has 10 rings (SSSR count). The zero-order valence-corrected chi connectivity index (χ0v) is 30.8. The molecule has 0 aliphatic rings. The average molecular weight is 715 g/mol. The van der Waals surface area contributed by atoms with Gasteiger partial charge in [0.15, 0.2) is 0 Å². The largest absolute Gasteiger partial charge is 0.310 e. The molecule has 56 heavy (non-hydrogen) atoms. The van der Waals surface area contributed by atoms with Crippen molar-refractivity contribution in [3.8, 4) is 50.2 Å². The van der Waals surface area contributed by atoms with Gasteiger partial charge in [-0.3, -0.25) is 0 Å². The summed E-state index contributed by atoms with van der Waals surface area (Å²) in [5.41, 5.74) is 16.3. The summed E-state index contributed by atoms with van der Waals surface area (Å²) >= 11 is 0. The van der Waals surface area contributed by atoms with Crippen molar-refractivity contribution < 1.29 is 0 Å². The van der Waals surface area contributed by atoms with Gasteiger partial charge in [-0.25, -0.2) is 0 Å². The molecule has 2 heteroatoms. The van der Waals surface area contributed by atoms with Crippen molar-refractivity contribution in [1.82, 2.24) is 4.57 Å². The molecule has 2 nitrogen and oxygen atoms in total. The van der Waals surface area contributed by atoms with Crippen LogP contribution in [0.2, 0.25) is 0 Å². The molecule has 9 aromatic carbocycles. The first-order chi connectivity index (χ1) is 27.8. The van der Waals surface area contributed by atoms with Gasteiger partial charge in [-0.2, -0.15) is 0 Å². The lowest BCUT2D eigenvalue weighted by Crippen LogP contribution is -2.10. The summed E-state index contributed by atoms with van der Waals surface area (Å²) in [6, 6.07) is 83.1. The smallest absolute Gasteiger partial charge is 0.0562 e. The highest BCUT2D eigenvalue weighted by Crippen LogP contribution is 2.44. The van der Waals surface area contributed by atoms with Gasteiger partial charge in [0.25, 0.3) is 0 Å². The summed E-state index contributed by atoms with van der Waals surface area (Å²) in [5.74, 6) is 0. The van der Waals surface area contributed by atoms with Crippen molar-refractivity contribution in [3.63, 3.8) is 0 Å². The molecule has 0 N–H and O–H groups in total. The number of anilines is 3. The molecule has 0 aliphatic heterocycles. The summed E-state index contributed by atoms with van der Waals surface area (Å²) < 4.78 is 2.45. The van der Waals surface area contributed by atoms with Crippen LogP contribution in [0.15, 0.2) is 231 Å². The van der Waals surface area contributed by atoms with Gasteiger partial charge >= 0.3 is 0 Å². The molecule has 0 fully saturated rings. The van der Waals surface area contributed by atoms with E-state index in [9.17, 15) is 0 Å². The molecule has 0 unspecified atom stereocenters. The molecule has 0 radical (unpaired) electrons.